The van der Waals surface area contributed by atoms with Crippen LogP contribution in [0.5, 0.6) is 0 Å². The third-order valence-electron chi connectivity index (χ3n) is 13.4. The molecule has 0 aromatic carbocycles. The molecule has 388 valence electrons. The molecule has 6 heteroatoms. The molecule has 0 heterocycles. The molecule has 0 fully saturated rings. The monoisotopic (exact) mass is 928 g/mol. The fraction of sp³-hybridized carbons (Fsp3) is 0.867. The highest BCUT2D eigenvalue weighted by atomic mass is 16.5. The lowest BCUT2D eigenvalue weighted by atomic mass is 10.0. The average Bonchev–Trinajstić information content (AvgIpc) is 3.32. The molecule has 0 saturated carbocycles. The summed E-state index contributed by atoms with van der Waals surface area (Å²) in [5, 5.41) is 23.0. The summed E-state index contributed by atoms with van der Waals surface area (Å²) >= 11 is 0. The van der Waals surface area contributed by atoms with Gasteiger partial charge in [0.2, 0.25) is 5.91 Å². The Morgan fingerprint density at radius 1 is 0.424 bits per heavy atom. The van der Waals surface area contributed by atoms with E-state index in [0.29, 0.717) is 19.4 Å². The van der Waals surface area contributed by atoms with Crippen molar-refractivity contribution in [3.05, 3.63) is 36.5 Å². The van der Waals surface area contributed by atoms with Gasteiger partial charge in [0.1, 0.15) is 0 Å². The van der Waals surface area contributed by atoms with Crippen molar-refractivity contribution in [2.45, 2.75) is 321 Å². The van der Waals surface area contributed by atoms with Crippen LogP contribution in [0.2, 0.25) is 0 Å². The van der Waals surface area contributed by atoms with Crippen molar-refractivity contribution in [2.24, 2.45) is 0 Å². The van der Waals surface area contributed by atoms with Gasteiger partial charge in [0.15, 0.2) is 0 Å². The summed E-state index contributed by atoms with van der Waals surface area (Å²) in [5.74, 6) is -0.0656. The summed E-state index contributed by atoms with van der Waals surface area (Å²) in [5.41, 5.74) is 0. The maximum Gasteiger partial charge on any atom is 0.305 e. The number of hydrogen-bond acceptors (Lipinski definition) is 5. The van der Waals surface area contributed by atoms with Gasteiger partial charge in [-0.1, -0.05) is 269 Å². The molecular formula is C60H113NO5. The fourth-order valence-electron chi connectivity index (χ4n) is 8.90. The van der Waals surface area contributed by atoms with Crippen LogP contribution in [0, 0.1) is 0 Å². The molecule has 0 aliphatic heterocycles. The van der Waals surface area contributed by atoms with Crippen LogP contribution in [0.1, 0.15) is 309 Å². The number of aliphatic hydroxyl groups is 2. The molecule has 0 rings (SSSR count). The number of carbonyl (C=O) groups is 2. The van der Waals surface area contributed by atoms with E-state index in [0.717, 1.165) is 44.9 Å². The van der Waals surface area contributed by atoms with E-state index in [4.69, 9.17) is 4.74 Å². The number of ether oxygens (including phenoxy) is 1. The highest BCUT2D eigenvalue weighted by Gasteiger charge is 2.18. The van der Waals surface area contributed by atoms with E-state index in [1.807, 2.05) is 6.08 Å². The zero-order chi connectivity index (χ0) is 47.9. The number of unbranched alkanes of at least 4 members (excludes halogenated alkanes) is 39. The largest absolute Gasteiger partial charge is 0.466 e. The fourth-order valence-corrected chi connectivity index (χ4v) is 8.90. The van der Waals surface area contributed by atoms with Gasteiger partial charge in [-0.3, -0.25) is 9.59 Å². The van der Waals surface area contributed by atoms with Crippen molar-refractivity contribution in [1.29, 1.82) is 0 Å². The third-order valence-corrected chi connectivity index (χ3v) is 13.4. The predicted octanol–water partition coefficient (Wildman–Crippen LogP) is 18.0. The second-order valence-corrected chi connectivity index (χ2v) is 20.0. The molecule has 66 heavy (non-hydrogen) atoms. The first-order chi connectivity index (χ1) is 32.5. The van der Waals surface area contributed by atoms with Crippen molar-refractivity contribution >= 4 is 11.9 Å². The van der Waals surface area contributed by atoms with E-state index < -0.39 is 12.1 Å². The molecule has 2 unspecified atom stereocenters. The number of esters is 1. The molecule has 1 amide bonds. The number of rotatable bonds is 54. The van der Waals surface area contributed by atoms with Gasteiger partial charge in [0.25, 0.3) is 0 Å². The van der Waals surface area contributed by atoms with Crippen LogP contribution >= 0.6 is 0 Å². The lowest BCUT2D eigenvalue weighted by Crippen LogP contribution is -2.45. The van der Waals surface area contributed by atoms with Gasteiger partial charge < -0.3 is 20.3 Å². The second-order valence-electron chi connectivity index (χ2n) is 20.0. The van der Waals surface area contributed by atoms with E-state index in [9.17, 15) is 19.8 Å². The highest BCUT2D eigenvalue weighted by molar-refractivity contribution is 5.76. The smallest absolute Gasteiger partial charge is 0.305 e. The van der Waals surface area contributed by atoms with Crippen LogP contribution in [0.4, 0.5) is 0 Å². The molecule has 0 aliphatic carbocycles. The van der Waals surface area contributed by atoms with Crippen molar-refractivity contribution in [3.8, 4) is 0 Å². The van der Waals surface area contributed by atoms with Crippen LogP contribution in [0.25, 0.3) is 0 Å². The molecule has 3 N–H and O–H groups in total. The Morgan fingerprint density at radius 3 is 1.15 bits per heavy atom. The van der Waals surface area contributed by atoms with E-state index in [-0.39, 0.29) is 18.5 Å². The summed E-state index contributed by atoms with van der Waals surface area (Å²) in [4.78, 5) is 24.4. The molecule has 6 nitrogen and oxygen atoms in total. The molecule has 0 aromatic heterocycles. The standard InChI is InChI=1S/C60H113NO5/c1-3-5-7-9-11-13-15-16-31-34-38-42-46-50-54-60(65)66-55-51-47-43-39-35-32-29-27-25-23-21-19-17-18-20-22-24-26-28-30-33-37-41-45-49-53-59(64)61-57(56-62)58(63)52-48-44-40-36-14-12-10-8-6-4-2/h18-21,48,52,57-58,62-63H,3-17,22-47,49-51,53-56H2,1-2H3,(H,61,64)/b20-18-,21-19-,52-48+. The van der Waals surface area contributed by atoms with E-state index in [1.165, 1.54) is 238 Å². The zero-order valence-electron chi connectivity index (χ0n) is 44.2. The predicted molar refractivity (Wildman–Crippen MR) is 287 cm³/mol. The number of amides is 1. The first-order valence-electron chi connectivity index (χ1n) is 29.3. The van der Waals surface area contributed by atoms with Gasteiger partial charge in [0.05, 0.1) is 25.4 Å². The Kier molecular flexibility index (Phi) is 54.1. The Morgan fingerprint density at radius 2 is 0.758 bits per heavy atom. The van der Waals surface area contributed by atoms with E-state index in [2.05, 4.69) is 43.5 Å². The Bertz CT molecular complexity index is 1070. The average molecular weight is 929 g/mol. The van der Waals surface area contributed by atoms with Crippen molar-refractivity contribution in [1.82, 2.24) is 5.32 Å². The summed E-state index contributed by atoms with van der Waals surface area (Å²) in [6.45, 7) is 4.88. The van der Waals surface area contributed by atoms with E-state index in [1.54, 1.807) is 6.08 Å². The summed E-state index contributed by atoms with van der Waals surface area (Å²) < 4.78 is 5.48. The summed E-state index contributed by atoms with van der Waals surface area (Å²) in [7, 11) is 0. The Hall–Kier alpha value is -1.92. The Balaban J connectivity index is 3.42. The molecule has 2 atom stereocenters. The van der Waals surface area contributed by atoms with Crippen molar-refractivity contribution in [3.63, 3.8) is 0 Å². The second kappa shape index (κ2) is 55.7. The quantitative estimate of drug-likeness (QED) is 0.0321. The number of hydrogen-bond donors (Lipinski definition) is 3. The van der Waals surface area contributed by atoms with Gasteiger partial charge in [-0.2, -0.15) is 0 Å². The number of aliphatic hydroxyl groups excluding tert-OH is 2. The molecule has 0 aliphatic rings. The van der Waals surface area contributed by atoms with Crippen LogP contribution in [-0.2, 0) is 14.3 Å². The van der Waals surface area contributed by atoms with Crippen LogP contribution < -0.4 is 5.32 Å². The van der Waals surface area contributed by atoms with Crippen LogP contribution in [-0.4, -0.2) is 47.4 Å². The molecule has 0 radical (unpaired) electrons. The molecular weight excluding hydrogens is 815 g/mol. The number of allylic oxidation sites excluding steroid dienone is 5. The first-order valence-corrected chi connectivity index (χ1v) is 29.3. The minimum absolute atomic E-state index is 0.0105. The first kappa shape index (κ1) is 64.1. The number of carbonyl (C=O) groups excluding carboxylic acids is 2. The molecule has 0 saturated heterocycles. The van der Waals surface area contributed by atoms with Crippen LogP contribution in [0.15, 0.2) is 36.5 Å². The Labute approximate surface area is 411 Å². The van der Waals surface area contributed by atoms with Gasteiger partial charge in [-0.15, -0.1) is 0 Å². The molecule has 0 aromatic rings. The number of nitrogens with one attached hydrogen (secondary N) is 1. The zero-order valence-corrected chi connectivity index (χ0v) is 44.2. The van der Waals surface area contributed by atoms with E-state index >= 15 is 0 Å². The minimum Gasteiger partial charge on any atom is -0.466 e. The lowest BCUT2D eigenvalue weighted by Gasteiger charge is -2.20. The van der Waals surface area contributed by atoms with Crippen molar-refractivity contribution in [2.75, 3.05) is 13.2 Å². The van der Waals surface area contributed by atoms with Gasteiger partial charge >= 0.3 is 5.97 Å². The maximum absolute atomic E-state index is 12.4. The molecule has 0 spiro atoms. The van der Waals surface area contributed by atoms with Gasteiger partial charge in [-0.25, -0.2) is 0 Å². The summed E-state index contributed by atoms with van der Waals surface area (Å²) in [6.07, 6.45) is 68.9. The molecule has 0 bridgehead atoms. The SMILES string of the molecule is CCCCCCCCCC/C=C/C(O)C(CO)NC(=O)CCCCCCCCCCC/C=C\C/C=C\CCCCCCCCCCCOC(=O)CCCCCCCCCCCCCCCC. The summed E-state index contributed by atoms with van der Waals surface area (Å²) in [6, 6.07) is -0.631. The topological polar surface area (TPSA) is 95.9 Å². The third kappa shape index (κ3) is 51.5. The van der Waals surface area contributed by atoms with Gasteiger partial charge in [0, 0.05) is 12.8 Å². The van der Waals surface area contributed by atoms with Crippen molar-refractivity contribution < 1.29 is 24.5 Å². The van der Waals surface area contributed by atoms with Gasteiger partial charge in [-0.05, 0) is 64.2 Å². The normalized spacial score (nSPS) is 12.8. The highest BCUT2D eigenvalue weighted by Crippen LogP contribution is 2.16. The van der Waals surface area contributed by atoms with Crippen LogP contribution in [0.3, 0.4) is 0 Å². The maximum atomic E-state index is 12.4. The lowest BCUT2D eigenvalue weighted by molar-refractivity contribution is -0.143. The minimum atomic E-state index is -0.846.